The molecule has 2 aromatic carbocycles. The van der Waals surface area contributed by atoms with Crippen LogP contribution in [0.15, 0.2) is 65.9 Å². The number of amides is 1. The van der Waals surface area contributed by atoms with Gasteiger partial charge in [0.25, 0.3) is 0 Å². The van der Waals surface area contributed by atoms with E-state index in [2.05, 4.69) is 99.5 Å². The SMILES string of the molecule is CCCNCc1ncc(-c2ccc(-c3ccc(-c4cnc(C5CCCN5C(=O)CC(C)C)[nH]4)cc3)cc2)[nH]1.CN1CCN=C1N. The number of likely N-dealkylation sites (N-methyl/N-ethyl adjacent to an activating group) is 1. The van der Waals surface area contributed by atoms with E-state index in [-0.39, 0.29) is 11.9 Å². The smallest absolute Gasteiger partial charge is 0.223 e. The lowest BCUT2D eigenvalue weighted by Crippen LogP contribution is -2.31. The minimum atomic E-state index is 0.0475. The molecule has 2 aromatic heterocycles. The summed E-state index contributed by atoms with van der Waals surface area (Å²) >= 11 is 0. The van der Waals surface area contributed by atoms with Gasteiger partial charge in [0.05, 0.1) is 42.9 Å². The first-order valence-corrected chi connectivity index (χ1v) is 16.1. The molecule has 1 saturated heterocycles. The number of aromatic amines is 2. The minimum absolute atomic E-state index is 0.0475. The highest BCUT2D eigenvalue weighted by atomic mass is 16.2. The highest BCUT2D eigenvalue weighted by Crippen LogP contribution is 2.33. The molecule has 238 valence electrons. The van der Waals surface area contributed by atoms with Gasteiger partial charge in [0.2, 0.25) is 5.91 Å². The van der Waals surface area contributed by atoms with Crippen molar-refractivity contribution in [2.24, 2.45) is 16.6 Å². The number of nitrogens with one attached hydrogen (secondary N) is 3. The summed E-state index contributed by atoms with van der Waals surface area (Å²) in [5.74, 6) is 3.10. The van der Waals surface area contributed by atoms with E-state index in [0.29, 0.717) is 18.3 Å². The third kappa shape index (κ3) is 8.19. The maximum Gasteiger partial charge on any atom is 0.223 e. The van der Waals surface area contributed by atoms with E-state index < -0.39 is 0 Å². The maximum absolute atomic E-state index is 12.7. The molecule has 2 aliphatic rings. The Morgan fingerprint density at radius 1 is 0.956 bits per heavy atom. The highest BCUT2D eigenvalue weighted by Gasteiger charge is 2.32. The van der Waals surface area contributed by atoms with Crippen molar-refractivity contribution in [3.8, 4) is 33.6 Å². The number of aliphatic imine (C=N–C) groups is 1. The molecule has 4 aromatic rings. The van der Waals surface area contributed by atoms with Crippen LogP contribution < -0.4 is 11.1 Å². The number of imidazole rings is 2. The van der Waals surface area contributed by atoms with Gasteiger partial charge in [0.15, 0.2) is 5.96 Å². The van der Waals surface area contributed by atoms with Crippen LogP contribution in [-0.4, -0.2) is 74.8 Å². The molecular weight excluding hydrogens is 562 g/mol. The summed E-state index contributed by atoms with van der Waals surface area (Å²) in [6, 6.07) is 17.2. The molecule has 4 heterocycles. The fourth-order valence-corrected chi connectivity index (χ4v) is 5.69. The first-order chi connectivity index (χ1) is 21.8. The van der Waals surface area contributed by atoms with Crippen LogP contribution in [0, 0.1) is 5.92 Å². The Bertz CT molecular complexity index is 1550. The Balaban J connectivity index is 0.000000505. The van der Waals surface area contributed by atoms with E-state index in [1.54, 1.807) is 0 Å². The number of nitrogens with two attached hydrogens (primary N) is 1. The van der Waals surface area contributed by atoms with E-state index in [1.807, 2.05) is 29.2 Å². The van der Waals surface area contributed by atoms with Crippen LogP contribution in [0.3, 0.4) is 0 Å². The fourth-order valence-electron chi connectivity index (χ4n) is 5.69. The Hall–Kier alpha value is -4.44. The predicted molar refractivity (Wildman–Crippen MR) is 181 cm³/mol. The molecule has 0 saturated carbocycles. The Morgan fingerprint density at radius 3 is 2.13 bits per heavy atom. The molecular formula is C35H47N9O. The molecule has 10 nitrogen and oxygen atoms in total. The van der Waals surface area contributed by atoms with Gasteiger partial charge in [0, 0.05) is 26.6 Å². The number of nitrogens with zero attached hydrogens (tertiary/aromatic N) is 5. The summed E-state index contributed by atoms with van der Waals surface area (Å²) in [4.78, 5) is 36.6. The molecule has 0 radical (unpaired) electrons. The van der Waals surface area contributed by atoms with Crippen molar-refractivity contribution >= 4 is 11.9 Å². The average Bonchev–Trinajstić information content (AvgIpc) is 3.86. The lowest BCUT2D eigenvalue weighted by atomic mass is 10.0. The molecule has 5 N–H and O–H groups in total. The van der Waals surface area contributed by atoms with Crippen molar-refractivity contribution in [2.75, 3.05) is 33.2 Å². The molecule has 0 aliphatic carbocycles. The number of guanidine groups is 1. The number of hydrogen-bond acceptors (Lipinski definition) is 7. The lowest BCUT2D eigenvalue weighted by Gasteiger charge is -2.24. The van der Waals surface area contributed by atoms with E-state index in [0.717, 1.165) is 91.7 Å². The molecule has 10 heteroatoms. The quantitative estimate of drug-likeness (QED) is 0.173. The number of hydrogen-bond donors (Lipinski definition) is 4. The first-order valence-electron chi connectivity index (χ1n) is 16.1. The molecule has 2 aliphatic heterocycles. The highest BCUT2D eigenvalue weighted by molar-refractivity contribution is 5.79. The lowest BCUT2D eigenvalue weighted by molar-refractivity contribution is -0.133. The molecule has 1 fully saturated rings. The number of benzene rings is 2. The molecule has 1 amide bonds. The standard InChI is InChI=1S/C31H38N6O.C4H9N3/c1-4-15-32-20-29-33-18-26(35-29)24-11-7-22(8-12-24)23-9-13-25(14-10-23)27-19-34-31(36-27)28-6-5-16-37(28)30(38)17-21(2)3;1-7-3-2-6-4(7)5/h7-14,18-19,21,28,32H,4-6,15-17,20H2,1-3H3,(H,33,35)(H,34,36);2-3H2,1H3,(H2,5,6). The van der Waals surface area contributed by atoms with Gasteiger partial charge in [-0.05, 0) is 54.0 Å². The van der Waals surface area contributed by atoms with Gasteiger partial charge in [-0.15, -0.1) is 0 Å². The number of aromatic nitrogens is 4. The van der Waals surface area contributed by atoms with Crippen LogP contribution in [0.25, 0.3) is 33.6 Å². The summed E-state index contributed by atoms with van der Waals surface area (Å²) in [5.41, 5.74) is 11.9. The number of carbonyl (C=O) groups is 1. The van der Waals surface area contributed by atoms with Crippen molar-refractivity contribution < 1.29 is 4.79 Å². The van der Waals surface area contributed by atoms with Gasteiger partial charge in [-0.2, -0.15) is 0 Å². The second-order valence-electron chi connectivity index (χ2n) is 12.3. The van der Waals surface area contributed by atoms with Crippen LogP contribution >= 0.6 is 0 Å². The third-order valence-corrected chi connectivity index (χ3v) is 8.24. The van der Waals surface area contributed by atoms with E-state index >= 15 is 0 Å². The zero-order valence-corrected chi connectivity index (χ0v) is 27.0. The van der Waals surface area contributed by atoms with Gasteiger partial charge in [-0.1, -0.05) is 69.3 Å². The summed E-state index contributed by atoms with van der Waals surface area (Å²) in [7, 11) is 1.94. The Morgan fingerprint density at radius 2 is 1.58 bits per heavy atom. The minimum Gasteiger partial charge on any atom is -0.370 e. The van der Waals surface area contributed by atoms with Gasteiger partial charge in [-0.3, -0.25) is 9.79 Å². The Kier molecular flexibility index (Phi) is 10.7. The zero-order chi connectivity index (χ0) is 31.8. The van der Waals surface area contributed by atoms with Crippen molar-refractivity contribution in [2.45, 2.75) is 59.0 Å². The fraction of sp³-hybridized carbons (Fsp3) is 0.429. The Labute approximate surface area is 266 Å². The maximum atomic E-state index is 12.7. The molecule has 0 spiro atoms. The van der Waals surface area contributed by atoms with Crippen LogP contribution in [0.4, 0.5) is 0 Å². The number of H-pyrrole nitrogens is 2. The van der Waals surface area contributed by atoms with Crippen molar-refractivity contribution in [3.05, 3.63) is 72.6 Å². The van der Waals surface area contributed by atoms with Crippen LogP contribution in [0.2, 0.25) is 0 Å². The molecule has 6 rings (SSSR count). The predicted octanol–water partition coefficient (Wildman–Crippen LogP) is 5.59. The summed E-state index contributed by atoms with van der Waals surface area (Å²) < 4.78 is 0. The molecule has 45 heavy (non-hydrogen) atoms. The van der Waals surface area contributed by atoms with E-state index in [4.69, 9.17) is 5.73 Å². The van der Waals surface area contributed by atoms with Gasteiger partial charge >= 0.3 is 0 Å². The van der Waals surface area contributed by atoms with Crippen LogP contribution in [0.1, 0.15) is 64.1 Å². The summed E-state index contributed by atoms with van der Waals surface area (Å²) in [5, 5.41) is 3.38. The van der Waals surface area contributed by atoms with Crippen molar-refractivity contribution in [1.82, 2.24) is 35.1 Å². The zero-order valence-electron chi connectivity index (χ0n) is 27.0. The monoisotopic (exact) mass is 609 g/mol. The number of carbonyl (C=O) groups excluding carboxylic acids is 1. The van der Waals surface area contributed by atoms with Crippen molar-refractivity contribution in [3.63, 3.8) is 0 Å². The number of likely N-dealkylation sites (tertiary alicyclic amines) is 1. The van der Waals surface area contributed by atoms with Gasteiger partial charge < -0.3 is 30.8 Å². The van der Waals surface area contributed by atoms with E-state index in [9.17, 15) is 4.79 Å². The largest absolute Gasteiger partial charge is 0.370 e. The van der Waals surface area contributed by atoms with Gasteiger partial charge in [-0.25, -0.2) is 9.97 Å². The first kappa shape index (κ1) is 32.0. The molecule has 1 unspecified atom stereocenters. The molecule has 1 atom stereocenters. The van der Waals surface area contributed by atoms with Gasteiger partial charge in [0.1, 0.15) is 11.6 Å². The summed E-state index contributed by atoms with van der Waals surface area (Å²) in [6.45, 7) is 10.7. The van der Waals surface area contributed by atoms with Crippen LogP contribution in [0.5, 0.6) is 0 Å². The average molecular weight is 610 g/mol. The summed E-state index contributed by atoms with van der Waals surface area (Å²) in [6.07, 6.45) is 7.47. The molecule has 0 bridgehead atoms. The second-order valence-corrected chi connectivity index (χ2v) is 12.3. The topological polar surface area (TPSA) is 131 Å². The van der Waals surface area contributed by atoms with Crippen molar-refractivity contribution in [1.29, 1.82) is 0 Å². The second kappa shape index (κ2) is 15.0. The van der Waals surface area contributed by atoms with Crippen LogP contribution in [-0.2, 0) is 11.3 Å². The third-order valence-electron chi connectivity index (χ3n) is 8.24. The van der Waals surface area contributed by atoms with E-state index in [1.165, 1.54) is 5.56 Å². The number of rotatable bonds is 10. The normalized spacial score (nSPS) is 16.2.